The summed E-state index contributed by atoms with van der Waals surface area (Å²) in [5, 5.41) is 3.16. The molecule has 0 spiro atoms. The van der Waals surface area contributed by atoms with Crippen LogP contribution in [0.4, 0.5) is 16.3 Å². The lowest BCUT2D eigenvalue weighted by atomic mass is 10.0. The monoisotopic (exact) mass is 275 g/mol. The van der Waals surface area contributed by atoms with Gasteiger partial charge in [0.2, 0.25) is 11.9 Å². The van der Waals surface area contributed by atoms with Crippen molar-refractivity contribution in [2.75, 3.05) is 17.7 Å². The minimum Gasteiger partial charge on any atom is -0.493 e. The second kappa shape index (κ2) is 5.28. The summed E-state index contributed by atoms with van der Waals surface area (Å²) in [6.07, 6.45) is 0.771. The van der Waals surface area contributed by atoms with Crippen molar-refractivity contribution >= 4 is 11.9 Å². The van der Waals surface area contributed by atoms with E-state index in [1.54, 1.807) is 0 Å². The molecule has 6 nitrogen and oxygen atoms in total. The SMILES string of the molecule is Nc1nc(CF)nc(NC2CCOc3ccccc32)n1. The summed E-state index contributed by atoms with van der Waals surface area (Å²) < 4.78 is 18.2. The number of rotatable bonds is 3. The summed E-state index contributed by atoms with van der Waals surface area (Å²) in [5.74, 6) is 1.16. The van der Waals surface area contributed by atoms with Gasteiger partial charge < -0.3 is 15.8 Å². The highest BCUT2D eigenvalue weighted by Gasteiger charge is 2.21. The van der Waals surface area contributed by atoms with Crippen LogP contribution < -0.4 is 15.8 Å². The summed E-state index contributed by atoms with van der Waals surface area (Å²) >= 11 is 0. The molecule has 7 heteroatoms. The molecule has 3 N–H and O–H groups in total. The average Bonchev–Trinajstić information content (AvgIpc) is 2.47. The molecule has 0 amide bonds. The Bertz CT molecular complexity index is 621. The van der Waals surface area contributed by atoms with Gasteiger partial charge >= 0.3 is 0 Å². The number of ether oxygens (including phenoxy) is 1. The third kappa shape index (κ3) is 2.47. The number of nitrogen functional groups attached to an aromatic ring is 1. The van der Waals surface area contributed by atoms with Crippen LogP contribution >= 0.6 is 0 Å². The van der Waals surface area contributed by atoms with Crippen molar-refractivity contribution in [2.24, 2.45) is 0 Å². The van der Waals surface area contributed by atoms with Crippen molar-refractivity contribution in [3.63, 3.8) is 0 Å². The predicted octanol–water partition coefficient (Wildman–Crippen LogP) is 1.86. The molecule has 0 saturated heterocycles. The quantitative estimate of drug-likeness (QED) is 0.889. The van der Waals surface area contributed by atoms with Gasteiger partial charge in [0, 0.05) is 12.0 Å². The van der Waals surface area contributed by atoms with Crippen LogP contribution in [0.15, 0.2) is 24.3 Å². The van der Waals surface area contributed by atoms with Crippen molar-refractivity contribution in [2.45, 2.75) is 19.1 Å². The first-order valence-corrected chi connectivity index (χ1v) is 6.31. The molecular formula is C13H14FN5O. The largest absolute Gasteiger partial charge is 0.493 e. The van der Waals surface area contributed by atoms with Crippen molar-refractivity contribution in [3.8, 4) is 5.75 Å². The number of hydrogen-bond donors (Lipinski definition) is 2. The van der Waals surface area contributed by atoms with Gasteiger partial charge in [-0.05, 0) is 6.07 Å². The Labute approximate surface area is 115 Å². The van der Waals surface area contributed by atoms with E-state index >= 15 is 0 Å². The third-order valence-corrected chi connectivity index (χ3v) is 3.08. The molecule has 0 radical (unpaired) electrons. The molecular weight excluding hydrogens is 261 g/mol. The third-order valence-electron chi connectivity index (χ3n) is 3.08. The van der Waals surface area contributed by atoms with Gasteiger partial charge in [-0.2, -0.15) is 15.0 Å². The van der Waals surface area contributed by atoms with E-state index in [1.165, 1.54) is 0 Å². The number of hydrogen-bond acceptors (Lipinski definition) is 6. The number of fused-ring (bicyclic) bond motifs is 1. The fourth-order valence-electron chi connectivity index (χ4n) is 2.21. The molecule has 104 valence electrons. The van der Waals surface area contributed by atoms with E-state index in [1.807, 2.05) is 24.3 Å². The highest BCUT2D eigenvalue weighted by atomic mass is 19.1. The van der Waals surface area contributed by atoms with Crippen molar-refractivity contribution < 1.29 is 9.13 Å². The van der Waals surface area contributed by atoms with Gasteiger partial charge in [-0.3, -0.25) is 0 Å². The minimum absolute atomic E-state index is 0.00853. The average molecular weight is 275 g/mol. The number of alkyl halides is 1. The number of aromatic nitrogens is 3. The molecule has 20 heavy (non-hydrogen) atoms. The minimum atomic E-state index is -0.772. The Kier molecular flexibility index (Phi) is 3.32. The van der Waals surface area contributed by atoms with Gasteiger partial charge in [-0.25, -0.2) is 4.39 Å². The van der Waals surface area contributed by atoms with Gasteiger partial charge in [0.25, 0.3) is 0 Å². The molecule has 1 aliphatic heterocycles. The van der Waals surface area contributed by atoms with Crippen LogP contribution in [0, 0.1) is 0 Å². The molecule has 0 aliphatic carbocycles. The van der Waals surface area contributed by atoms with Crippen molar-refractivity contribution in [1.29, 1.82) is 0 Å². The number of nitrogens with two attached hydrogens (primary N) is 1. The predicted molar refractivity (Wildman–Crippen MR) is 72.0 cm³/mol. The normalized spacial score (nSPS) is 17.1. The topological polar surface area (TPSA) is 86.0 Å². The Morgan fingerprint density at radius 3 is 3.00 bits per heavy atom. The lowest BCUT2D eigenvalue weighted by Gasteiger charge is -2.26. The first-order chi connectivity index (χ1) is 9.76. The zero-order valence-electron chi connectivity index (χ0n) is 10.7. The fourth-order valence-corrected chi connectivity index (χ4v) is 2.21. The standard InChI is InChI=1S/C13H14FN5O/c14-7-11-17-12(15)19-13(18-11)16-9-5-6-20-10-4-2-1-3-8(9)10/h1-4,9H,5-7H2,(H3,15,16,17,18,19). The van der Waals surface area contributed by atoms with Crippen LogP contribution in [-0.2, 0) is 6.67 Å². The number of halogens is 1. The summed E-state index contributed by atoms with van der Waals surface area (Å²) in [4.78, 5) is 11.7. The van der Waals surface area contributed by atoms with Crippen LogP contribution in [0.2, 0.25) is 0 Å². The lowest BCUT2D eigenvalue weighted by molar-refractivity contribution is 0.274. The fraction of sp³-hybridized carbons (Fsp3) is 0.308. The molecule has 0 fully saturated rings. The maximum absolute atomic E-state index is 12.6. The van der Waals surface area contributed by atoms with E-state index in [0.29, 0.717) is 6.61 Å². The van der Waals surface area contributed by atoms with Crippen LogP contribution in [0.3, 0.4) is 0 Å². The van der Waals surface area contributed by atoms with Gasteiger partial charge in [0.15, 0.2) is 5.82 Å². The van der Waals surface area contributed by atoms with Gasteiger partial charge in [-0.1, -0.05) is 18.2 Å². The smallest absolute Gasteiger partial charge is 0.228 e. The molecule has 0 saturated carbocycles. The summed E-state index contributed by atoms with van der Waals surface area (Å²) in [6.45, 7) is -0.170. The Hall–Kier alpha value is -2.44. The molecule has 0 bridgehead atoms. The molecule has 2 aromatic rings. The maximum atomic E-state index is 12.6. The lowest BCUT2D eigenvalue weighted by Crippen LogP contribution is -2.22. The second-order valence-corrected chi connectivity index (χ2v) is 4.44. The molecule has 2 heterocycles. The van der Waals surface area contributed by atoms with E-state index in [9.17, 15) is 4.39 Å². The van der Waals surface area contributed by atoms with Crippen molar-refractivity contribution in [1.82, 2.24) is 15.0 Å². The number of anilines is 2. The second-order valence-electron chi connectivity index (χ2n) is 4.44. The summed E-state index contributed by atoms with van der Waals surface area (Å²) in [5.41, 5.74) is 6.57. The van der Waals surface area contributed by atoms with Gasteiger partial charge in [0.05, 0.1) is 12.6 Å². The highest BCUT2D eigenvalue weighted by Crippen LogP contribution is 2.33. The van der Waals surface area contributed by atoms with Gasteiger partial charge in [-0.15, -0.1) is 0 Å². The number of benzene rings is 1. The number of nitrogens with zero attached hydrogens (tertiary/aromatic N) is 3. The van der Waals surface area contributed by atoms with E-state index in [0.717, 1.165) is 17.7 Å². The first-order valence-electron chi connectivity index (χ1n) is 6.31. The number of nitrogens with one attached hydrogen (secondary N) is 1. The maximum Gasteiger partial charge on any atom is 0.228 e. The van der Waals surface area contributed by atoms with E-state index in [-0.39, 0.29) is 23.8 Å². The van der Waals surface area contributed by atoms with Gasteiger partial charge in [0.1, 0.15) is 12.4 Å². The van der Waals surface area contributed by atoms with Crippen LogP contribution in [0.25, 0.3) is 0 Å². The zero-order valence-corrected chi connectivity index (χ0v) is 10.7. The van der Waals surface area contributed by atoms with E-state index in [4.69, 9.17) is 10.5 Å². The van der Waals surface area contributed by atoms with Crippen LogP contribution in [0.1, 0.15) is 23.9 Å². The van der Waals surface area contributed by atoms with Crippen LogP contribution in [-0.4, -0.2) is 21.6 Å². The molecule has 1 aromatic carbocycles. The Morgan fingerprint density at radius 1 is 1.30 bits per heavy atom. The zero-order chi connectivity index (χ0) is 13.9. The Morgan fingerprint density at radius 2 is 2.15 bits per heavy atom. The van der Waals surface area contributed by atoms with E-state index in [2.05, 4.69) is 20.3 Å². The first kappa shape index (κ1) is 12.6. The number of para-hydroxylation sites is 1. The molecule has 3 rings (SSSR count). The molecule has 1 aromatic heterocycles. The molecule has 1 aliphatic rings. The Balaban J connectivity index is 1.87. The van der Waals surface area contributed by atoms with Crippen LogP contribution in [0.5, 0.6) is 5.75 Å². The summed E-state index contributed by atoms with van der Waals surface area (Å²) in [6, 6.07) is 7.76. The highest BCUT2D eigenvalue weighted by molar-refractivity contribution is 5.43. The molecule has 1 unspecified atom stereocenters. The summed E-state index contributed by atoms with van der Waals surface area (Å²) in [7, 11) is 0. The molecule has 1 atom stereocenters. The van der Waals surface area contributed by atoms with Crippen molar-refractivity contribution in [3.05, 3.63) is 35.7 Å². The van der Waals surface area contributed by atoms with E-state index < -0.39 is 6.67 Å².